The monoisotopic (exact) mass is 302 g/mol. The lowest BCUT2D eigenvalue weighted by Gasteiger charge is -2.22. The zero-order chi connectivity index (χ0) is 14.8. The molecule has 1 atom stereocenters. The Hall–Kier alpha value is -2.20. The van der Waals surface area contributed by atoms with E-state index in [0.717, 1.165) is 5.56 Å². The first-order valence-electron chi connectivity index (χ1n) is 6.51. The van der Waals surface area contributed by atoms with Crippen LogP contribution in [-0.2, 0) is 4.79 Å². The Labute approximate surface area is 126 Å². The molecule has 0 fully saturated rings. The van der Waals surface area contributed by atoms with Crippen molar-refractivity contribution in [2.24, 2.45) is 5.10 Å². The van der Waals surface area contributed by atoms with Gasteiger partial charge in [0.25, 0.3) is 0 Å². The van der Waals surface area contributed by atoms with Gasteiger partial charge in [0.1, 0.15) is 5.82 Å². The summed E-state index contributed by atoms with van der Waals surface area (Å²) in [6.07, 6.45) is 0.427. The Balaban J connectivity index is 1.90. The second-order valence-electron chi connectivity index (χ2n) is 4.85. The molecule has 1 heterocycles. The molecule has 2 aromatic carbocycles. The van der Waals surface area contributed by atoms with Crippen LogP contribution in [0.3, 0.4) is 0 Å². The van der Waals surface area contributed by atoms with Gasteiger partial charge in [-0.25, -0.2) is 9.82 Å². The van der Waals surface area contributed by atoms with Gasteiger partial charge in [-0.15, -0.1) is 0 Å². The second-order valence-corrected chi connectivity index (χ2v) is 5.29. The number of nitrogens with zero attached hydrogens (tertiary/aromatic N) is 1. The molecule has 0 saturated heterocycles. The van der Waals surface area contributed by atoms with E-state index in [1.807, 2.05) is 12.1 Å². The normalized spacial score (nSPS) is 18.1. The highest BCUT2D eigenvalue weighted by molar-refractivity contribution is 6.30. The predicted molar refractivity (Wildman–Crippen MR) is 79.9 cm³/mol. The van der Waals surface area contributed by atoms with Crippen LogP contribution in [-0.4, -0.2) is 11.6 Å². The standard InChI is InChI=1S/C16H12ClFN2O/c17-12-6-4-10(5-7-12)14-9-15(19-20-16(14)21)11-2-1-3-13(18)8-11/h1-8,14H,9H2,(H,20,21)/t14-/m1/s1. The molecule has 0 spiro atoms. The molecule has 1 aliphatic rings. The van der Waals surface area contributed by atoms with Gasteiger partial charge in [-0.05, 0) is 29.8 Å². The van der Waals surface area contributed by atoms with Gasteiger partial charge in [0, 0.05) is 17.0 Å². The summed E-state index contributed by atoms with van der Waals surface area (Å²) in [5.74, 6) is -0.842. The summed E-state index contributed by atoms with van der Waals surface area (Å²) < 4.78 is 13.3. The molecule has 0 saturated carbocycles. The third-order valence-electron chi connectivity index (χ3n) is 3.45. The van der Waals surface area contributed by atoms with E-state index in [1.165, 1.54) is 12.1 Å². The Bertz CT molecular complexity index is 712. The molecular formula is C16H12ClFN2O. The van der Waals surface area contributed by atoms with Crippen LogP contribution in [0.25, 0.3) is 0 Å². The van der Waals surface area contributed by atoms with Crippen molar-refractivity contribution in [1.29, 1.82) is 0 Å². The van der Waals surface area contributed by atoms with Gasteiger partial charge in [-0.1, -0.05) is 35.9 Å². The van der Waals surface area contributed by atoms with E-state index < -0.39 is 0 Å². The van der Waals surface area contributed by atoms with Crippen LogP contribution in [0, 0.1) is 5.82 Å². The highest BCUT2D eigenvalue weighted by atomic mass is 35.5. The maximum Gasteiger partial charge on any atom is 0.248 e. The number of carbonyl (C=O) groups is 1. The zero-order valence-corrected chi connectivity index (χ0v) is 11.8. The van der Waals surface area contributed by atoms with Crippen molar-refractivity contribution in [1.82, 2.24) is 5.43 Å². The fourth-order valence-corrected chi connectivity index (χ4v) is 2.47. The fourth-order valence-electron chi connectivity index (χ4n) is 2.35. The maximum absolute atomic E-state index is 13.3. The number of rotatable bonds is 2. The van der Waals surface area contributed by atoms with E-state index in [1.54, 1.807) is 24.3 Å². The third-order valence-corrected chi connectivity index (χ3v) is 3.70. The molecule has 0 radical (unpaired) electrons. The van der Waals surface area contributed by atoms with Crippen molar-refractivity contribution in [2.45, 2.75) is 12.3 Å². The molecule has 1 N–H and O–H groups in total. The van der Waals surface area contributed by atoms with Crippen LogP contribution in [0.2, 0.25) is 5.02 Å². The summed E-state index contributed by atoms with van der Waals surface area (Å²) in [6, 6.07) is 13.3. The molecule has 106 valence electrons. The predicted octanol–water partition coefficient (Wildman–Crippen LogP) is 3.49. The minimum absolute atomic E-state index is 0.169. The molecule has 0 unspecified atom stereocenters. The zero-order valence-electron chi connectivity index (χ0n) is 11.0. The number of hydrazone groups is 1. The molecular weight excluding hydrogens is 291 g/mol. The van der Waals surface area contributed by atoms with Crippen LogP contribution >= 0.6 is 11.6 Å². The van der Waals surface area contributed by atoms with Crippen LogP contribution in [0.1, 0.15) is 23.5 Å². The van der Waals surface area contributed by atoms with E-state index in [2.05, 4.69) is 10.5 Å². The fraction of sp³-hybridized carbons (Fsp3) is 0.125. The molecule has 0 aliphatic carbocycles. The quantitative estimate of drug-likeness (QED) is 0.906. The SMILES string of the molecule is O=C1NN=C(c2cccc(F)c2)C[C@@H]1c1ccc(Cl)cc1. The second kappa shape index (κ2) is 5.66. The number of benzene rings is 2. The first kappa shape index (κ1) is 13.8. The molecule has 0 bridgehead atoms. The van der Waals surface area contributed by atoms with E-state index in [-0.39, 0.29) is 17.6 Å². The van der Waals surface area contributed by atoms with Crippen molar-refractivity contribution < 1.29 is 9.18 Å². The van der Waals surface area contributed by atoms with Gasteiger partial charge in [0.15, 0.2) is 0 Å². The van der Waals surface area contributed by atoms with Gasteiger partial charge in [0.2, 0.25) is 5.91 Å². The van der Waals surface area contributed by atoms with Gasteiger partial charge in [-0.3, -0.25) is 4.79 Å². The Morgan fingerprint density at radius 3 is 2.67 bits per heavy atom. The number of nitrogens with one attached hydrogen (secondary N) is 1. The largest absolute Gasteiger partial charge is 0.272 e. The average molecular weight is 303 g/mol. The van der Waals surface area contributed by atoms with Gasteiger partial charge in [-0.2, -0.15) is 5.10 Å². The van der Waals surface area contributed by atoms with E-state index in [9.17, 15) is 9.18 Å². The molecule has 3 nitrogen and oxygen atoms in total. The molecule has 3 rings (SSSR count). The highest BCUT2D eigenvalue weighted by Crippen LogP contribution is 2.26. The van der Waals surface area contributed by atoms with Gasteiger partial charge in [0.05, 0.1) is 11.6 Å². The lowest BCUT2D eigenvalue weighted by Crippen LogP contribution is -2.33. The topological polar surface area (TPSA) is 41.5 Å². The molecule has 2 aromatic rings. The molecule has 5 heteroatoms. The van der Waals surface area contributed by atoms with E-state index in [0.29, 0.717) is 22.7 Å². The smallest absolute Gasteiger partial charge is 0.248 e. The average Bonchev–Trinajstić information content (AvgIpc) is 2.49. The Kier molecular flexibility index (Phi) is 3.71. The summed E-state index contributed by atoms with van der Waals surface area (Å²) in [4.78, 5) is 12.0. The minimum Gasteiger partial charge on any atom is -0.272 e. The number of carbonyl (C=O) groups excluding carboxylic acids is 1. The van der Waals surface area contributed by atoms with Crippen molar-refractivity contribution in [3.63, 3.8) is 0 Å². The Morgan fingerprint density at radius 1 is 1.19 bits per heavy atom. The first-order valence-corrected chi connectivity index (χ1v) is 6.89. The minimum atomic E-state index is -0.349. The number of halogens is 2. The van der Waals surface area contributed by atoms with Crippen LogP contribution in [0.5, 0.6) is 0 Å². The van der Waals surface area contributed by atoms with E-state index in [4.69, 9.17) is 11.6 Å². The van der Waals surface area contributed by atoms with E-state index >= 15 is 0 Å². The summed E-state index contributed by atoms with van der Waals surface area (Å²) >= 11 is 5.86. The summed E-state index contributed by atoms with van der Waals surface area (Å²) in [5.41, 5.74) is 4.70. The maximum atomic E-state index is 13.3. The lowest BCUT2D eigenvalue weighted by molar-refractivity contribution is -0.122. The number of amides is 1. The first-order chi connectivity index (χ1) is 10.1. The molecule has 21 heavy (non-hydrogen) atoms. The van der Waals surface area contributed by atoms with Crippen molar-refractivity contribution >= 4 is 23.2 Å². The van der Waals surface area contributed by atoms with Crippen LogP contribution < -0.4 is 5.43 Å². The number of hydrogen-bond donors (Lipinski definition) is 1. The summed E-state index contributed by atoms with van der Waals surface area (Å²) in [7, 11) is 0. The van der Waals surface area contributed by atoms with Crippen LogP contribution in [0.4, 0.5) is 4.39 Å². The summed E-state index contributed by atoms with van der Waals surface area (Å²) in [5, 5.41) is 4.66. The van der Waals surface area contributed by atoms with Gasteiger partial charge < -0.3 is 0 Å². The molecule has 1 amide bonds. The van der Waals surface area contributed by atoms with Gasteiger partial charge >= 0.3 is 0 Å². The molecule has 0 aromatic heterocycles. The summed E-state index contributed by atoms with van der Waals surface area (Å²) in [6.45, 7) is 0. The molecule has 1 aliphatic heterocycles. The van der Waals surface area contributed by atoms with Crippen molar-refractivity contribution in [2.75, 3.05) is 0 Å². The number of hydrogen-bond acceptors (Lipinski definition) is 2. The third kappa shape index (κ3) is 2.95. The lowest BCUT2D eigenvalue weighted by atomic mass is 9.89. The van der Waals surface area contributed by atoms with Crippen LogP contribution in [0.15, 0.2) is 53.6 Å². The van der Waals surface area contributed by atoms with Crippen molar-refractivity contribution in [3.8, 4) is 0 Å². The highest BCUT2D eigenvalue weighted by Gasteiger charge is 2.27. The Morgan fingerprint density at radius 2 is 1.95 bits per heavy atom. The van der Waals surface area contributed by atoms with Crippen molar-refractivity contribution in [3.05, 3.63) is 70.5 Å².